The van der Waals surface area contributed by atoms with Crippen LogP contribution in [0.3, 0.4) is 0 Å². The van der Waals surface area contributed by atoms with Gasteiger partial charge in [0.1, 0.15) is 0 Å². The maximum absolute atomic E-state index is 5.33. The number of unbranched alkanes of at least 4 members (excludes halogenated alkanes) is 1. The zero-order valence-corrected chi connectivity index (χ0v) is 6.87. The third kappa shape index (κ3) is 4.21. The second kappa shape index (κ2) is 4.56. The molecule has 0 bridgehead atoms. The summed E-state index contributed by atoms with van der Waals surface area (Å²) < 4.78 is 0. The minimum atomic E-state index is 0.489. The highest BCUT2D eigenvalue weighted by Crippen LogP contribution is 1.89. The molecule has 0 aliphatic carbocycles. The van der Waals surface area contributed by atoms with Crippen LogP contribution in [-0.4, -0.2) is 23.6 Å². The van der Waals surface area contributed by atoms with Crippen molar-refractivity contribution in [3.63, 3.8) is 0 Å². The van der Waals surface area contributed by atoms with E-state index in [1.807, 2.05) is 11.9 Å². The number of hydrogen-bond donors (Lipinski definition) is 1. The Labute approximate surface area is 62.0 Å². The first-order valence-electron chi connectivity index (χ1n) is 3.19. The molecular formula is C6H14N2S. The zero-order valence-electron chi connectivity index (χ0n) is 6.05. The maximum atomic E-state index is 5.33. The van der Waals surface area contributed by atoms with Crippen LogP contribution in [0.25, 0.3) is 0 Å². The standard InChI is InChI=1S/C6H14N2S/c1-3-4-5-8(2)6(7)9/h3-5H2,1-2H3,(H2,7,9). The molecule has 0 aromatic carbocycles. The van der Waals surface area contributed by atoms with Crippen LogP contribution in [0.5, 0.6) is 0 Å². The van der Waals surface area contributed by atoms with E-state index in [4.69, 9.17) is 18.0 Å². The first-order chi connectivity index (χ1) is 4.18. The molecule has 2 N–H and O–H groups in total. The van der Waals surface area contributed by atoms with Gasteiger partial charge >= 0.3 is 0 Å². The summed E-state index contributed by atoms with van der Waals surface area (Å²) in [6, 6.07) is 0. The van der Waals surface area contributed by atoms with E-state index in [1.165, 1.54) is 6.42 Å². The maximum Gasteiger partial charge on any atom is 0.166 e. The minimum Gasteiger partial charge on any atom is -0.376 e. The van der Waals surface area contributed by atoms with E-state index in [-0.39, 0.29) is 0 Å². The molecule has 9 heavy (non-hydrogen) atoms. The van der Waals surface area contributed by atoms with Crippen molar-refractivity contribution in [1.29, 1.82) is 0 Å². The van der Waals surface area contributed by atoms with Crippen molar-refractivity contribution in [1.82, 2.24) is 4.90 Å². The Balaban J connectivity index is 3.27. The van der Waals surface area contributed by atoms with Crippen LogP contribution in [0.2, 0.25) is 0 Å². The Morgan fingerprint density at radius 2 is 2.22 bits per heavy atom. The molecule has 0 radical (unpaired) electrons. The predicted molar refractivity (Wildman–Crippen MR) is 44.3 cm³/mol. The zero-order chi connectivity index (χ0) is 7.28. The van der Waals surface area contributed by atoms with Crippen LogP contribution in [0.4, 0.5) is 0 Å². The van der Waals surface area contributed by atoms with Gasteiger partial charge in [0, 0.05) is 13.6 Å². The van der Waals surface area contributed by atoms with Crippen molar-refractivity contribution < 1.29 is 0 Å². The van der Waals surface area contributed by atoms with Gasteiger partial charge in [0.05, 0.1) is 0 Å². The molecule has 0 aliphatic heterocycles. The number of nitrogens with two attached hydrogens (primary N) is 1. The van der Waals surface area contributed by atoms with Crippen molar-refractivity contribution >= 4 is 17.3 Å². The summed E-state index contributed by atoms with van der Waals surface area (Å²) in [6.07, 6.45) is 2.35. The highest BCUT2D eigenvalue weighted by molar-refractivity contribution is 7.80. The normalized spacial score (nSPS) is 9.11. The molecule has 0 spiro atoms. The molecule has 0 amide bonds. The Kier molecular flexibility index (Phi) is 4.40. The molecule has 0 heterocycles. The van der Waals surface area contributed by atoms with Crippen molar-refractivity contribution in [2.75, 3.05) is 13.6 Å². The fraction of sp³-hybridized carbons (Fsp3) is 0.833. The van der Waals surface area contributed by atoms with Gasteiger partial charge in [0.15, 0.2) is 5.11 Å². The molecule has 3 heteroatoms. The van der Waals surface area contributed by atoms with Crippen molar-refractivity contribution in [3.05, 3.63) is 0 Å². The molecule has 0 aliphatic rings. The highest BCUT2D eigenvalue weighted by atomic mass is 32.1. The number of hydrogen-bond acceptors (Lipinski definition) is 1. The van der Waals surface area contributed by atoms with Gasteiger partial charge in [0.2, 0.25) is 0 Å². The van der Waals surface area contributed by atoms with Gasteiger partial charge in [-0.1, -0.05) is 13.3 Å². The van der Waals surface area contributed by atoms with Crippen LogP contribution >= 0.6 is 12.2 Å². The van der Waals surface area contributed by atoms with E-state index in [0.717, 1.165) is 13.0 Å². The quantitative estimate of drug-likeness (QED) is 0.601. The van der Waals surface area contributed by atoms with Crippen LogP contribution in [0.15, 0.2) is 0 Å². The number of rotatable bonds is 3. The number of nitrogens with zero attached hydrogens (tertiary/aromatic N) is 1. The van der Waals surface area contributed by atoms with Crippen LogP contribution in [-0.2, 0) is 0 Å². The topological polar surface area (TPSA) is 29.3 Å². The summed E-state index contributed by atoms with van der Waals surface area (Å²) in [6.45, 7) is 3.12. The molecule has 54 valence electrons. The molecule has 0 aromatic rings. The predicted octanol–water partition coefficient (Wildman–Crippen LogP) is 0.962. The smallest absolute Gasteiger partial charge is 0.166 e. The van der Waals surface area contributed by atoms with E-state index in [0.29, 0.717) is 5.11 Å². The van der Waals surface area contributed by atoms with E-state index in [9.17, 15) is 0 Å². The molecule has 0 rings (SSSR count). The fourth-order valence-electron chi connectivity index (χ4n) is 0.505. The Morgan fingerprint density at radius 3 is 2.56 bits per heavy atom. The molecule has 0 fully saturated rings. The first-order valence-corrected chi connectivity index (χ1v) is 3.60. The largest absolute Gasteiger partial charge is 0.376 e. The summed E-state index contributed by atoms with van der Waals surface area (Å²) in [5.41, 5.74) is 5.33. The van der Waals surface area contributed by atoms with E-state index < -0.39 is 0 Å². The second-order valence-corrected chi connectivity index (χ2v) is 2.53. The monoisotopic (exact) mass is 146 g/mol. The lowest BCUT2D eigenvalue weighted by atomic mass is 10.3. The minimum absolute atomic E-state index is 0.489. The lowest BCUT2D eigenvalue weighted by Crippen LogP contribution is -2.32. The van der Waals surface area contributed by atoms with Crippen LogP contribution in [0, 0.1) is 0 Å². The summed E-state index contributed by atoms with van der Waals surface area (Å²) in [5.74, 6) is 0. The lowest BCUT2D eigenvalue weighted by molar-refractivity contribution is 0.488. The summed E-state index contributed by atoms with van der Waals surface area (Å²) in [5, 5.41) is 0.489. The Hall–Kier alpha value is -0.310. The molecule has 0 saturated heterocycles. The summed E-state index contributed by atoms with van der Waals surface area (Å²) in [7, 11) is 1.91. The summed E-state index contributed by atoms with van der Waals surface area (Å²) in [4.78, 5) is 1.89. The molecule has 0 aromatic heterocycles. The van der Waals surface area contributed by atoms with Gasteiger partial charge < -0.3 is 10.6 Å². The molecular weight excluding hydrogens is 132 g/mol. The fourth-order valence-corrected chi connectivity index (χ4v) is 0.597. The average molecular weight is 146 g/mol. The summed E-state index contributed by atoms with van der Waals surface area (Å²) >= 11 is 4.74. The van der Waals surface area contributed by atoms with Gasteiger partial charge in [0.25, 0.3) is 0 Å². The van der Waals surface area contributed by atoms with Crippen molar-refractivity contribution in [3.8, 4) is 0 Å². The van der Waals surface area contributed by atoms with Gasteiger partial charge in [-0.25, -0.2) is 0 Å². The van der Waals surface area contributed by atoms with Gasteiger partial charge in [-0.3, -0.25) is 0 Å². The molecule has 2 nitrogen and oxygen atoms in total. The Bertz CT molecular complexity index is 93.1. The van der Waals surface area contributed by atoms with Crippen molar-refractivity contribution in [2.24, 2.45) is 5.73 Å². The van der Waals surface area contributed by atoms with E-state index in [1.54, 1.807) is 0 Å². The number of thiocarbonyl (C=S) groups is 1. The van der Waals surface area contributed by atoms with Gasteiger partial charge in [-0.2, -0.15) is 0 Å². The SMILES string of the molecule is CCCCN(C)C(N)=S. The van der Waals surface area contributed by atoms with Gasteiger partial charge in [-0.05, 0) is 18.6 Å². The lowest BCUT2D eigenvalue weighted by Gasteiger charge is -2.15. The third-order valence-corrected chi connectivity index (χ3v) is 1.53. The Morgan fingerprint density at radius 1 is 1.67 bits per heavy atom. The second-order valence-electron chi connectivity index (χ2n) is 2.11. The van der Waals surface area contributed by atoms with Crippen LogP contribution < -0.4 is 5.73 Å². The molecule has 0 unspecified atom stereocenters. The van der Waals surface area contributed by atoms with Crippen molar-refractivity contribution in [2.45, 2.75) is 19.8 Å². The highest BCUT2D eigenvalue weighted by Gasteiger charge is 1.95. The van der Waals surface area contributed by atoms with E-state index in [2.05, 4.69) is 6.92 Å². The third-order valence-electron chi connectivity index (χ3n) is 1.22. The molecule has 0 saturated carbocycles. The van der Waals surface area contributed by atoms with Gasteiger partial charge in [-0.15, -0.1) is 0 Å². The first kappa shape index (κ1) is 8.69. The average Bonchev–Trinajstić information content (AvgIpc) is 1.82. The van der Waals surface area contributed by atoms with E-state index >= 15 is 0 Å². The van der Waals surface area contributed by atoms with Crippen LogP contribution in [0.1, 0.15) is 19.8 Å². The molecule has 0 atom stereocenters.